The molecule has 1 unspecified atom stereocenters. The van der Waals surface area contributed by atoms with Crippen molar-refractivity contribution in [2.45, 2.75) is 13.3 Å². The zero-order chi connectivity index (χ0) is 13.7. The van der Waals surface area contributed by atoms with E-state index in [9.17, 15) is 4.79 Å². The monoisotopic (exact) mass is 377 g/mol. The Morgan fingerprint density at radius 3 is 2.78 bits per heavy atom. The van der Waals surface area contributed by atoms with Gasteiger partial charge in [0.15, 0.2) is 5.84 Å². The number of hydrogen-bond donors (Lipinski definition) is 3. The van der Waals surface area contributed by atoms with Crippen molar-refractivity contribution in [1.29, 1.82) is 0 Å². The summed E-state index contributed by atoms with van der Waals surface area (Å²) in [4.78, 5) is 12.0. The highest BCUT2D eigenvalue weighted by atomic mass is 79.9. The second-order valence-corrected chi connectivity index (χ2v) is 5.37. The van der Waals surface area contributed by atoms with Crippen LogP contribution in [0.15, 0.2) is 32.3 Å². The Morgan fingerprint density at radius 2 is 2.22 bits per heavy atom. The molecule has 0 spiro atoms. The fourth-order valence-corrected chi connectivity index (χ4v) is 2.12. The van der Waals surface area contributed by atoms with Gasteiger partial charge in [0.25, 0.3) is 0 Å². The zero-order valence-electron chi connectivity index (χ0n) is 9.65. The van der Waals surface area contributed by atoms with Gasteiger partial charge >= 0.3 is 0 Å². The van der Waals surface area contributed by atoms with E-state index < -0.39 is 5.92 Å². The number of amides is 1. The van der Waals surface area contributed by atoms with Gasteiger partial charge in [-0.05, 0) is 40.5 Å². The second kappa shape index (κ2) is 6.75. The van der Waals surface area contributed by atoms with E-state index in [1.807, 2.05) is 12.1 Å². The van der Waals surface area contributed by atoms with Crippen LogP contribution >= 0.6 is 31.9 Å². The predicted molar refractivity (Wildman–Crippen MR) is 77.7 cm³/mol. The van der Waals surface area contributed by atoms with Gasteiger partial charge in [-0.15, -0.1) is 0 Å². The Labute approximate surface area is 122 Å². The number of amidine groups is 1. The lowest BCUT2D eigenvalue weighted by molar-refractivity contribution is -0.118. The lowest BCUT2D eigenvalue weighted by atomic mass is 10.0. The van der Waals surface area contributed by atoms with Crippen molar-refractivity contribution in [1.82, 2.24) is 0 Å². The van der Waals surface area contributed by atoms with Gasteiger partial charge in [0.1, 0.15) is 0 Å². The van der Waals surface area contributed by atoms with Crippen LogP contribution in [-0.4, -0.2) is 17.0 Å². The van der Waals surface area contributed by atoms with Gasteiger partial charge in [-0.2, -0.15) is 0 Å². The number of nitrogens with one attached hydrogen (secondary N) is 1. The van der Waals surface area contributed by atoms with E-state index >= 15 is 0 Å². The molecule has 0 aliphatic carbocycles. The number of oxime groups is 1. The molecule has 18 heavy (non-hydrogen) atoms. The van der Waals surface area contributed by atoms with Crippen LogP contribution in [0.4, 0.5) is 5.69 Å². The minimum absolute atomic E-state index is 0.0962. The highest BCUT2D eigenvalue weighted by Gasteiger charge is 2.21. The van der Waals surface area contributed by atoms with Crippen molar-refractivity contribution in [2.75, 3.05) is 5.32 Å². The first-order valence-electron chi connectivity index (χ1n) is 5.23. The largest absolute Gasteiger partial charge is 0.409 e. The quantitative estimate of drug-likeness (QED) is 0.325. The molecule has 1 atom stereocenters. The van der Waals surface area contributed by atoms with Crippen LogP contribution in [-0.2, 0) is 4.79 Å². The van der Waals surface area contributed by atoms with Crippen LogP contribution in [0.5, 0.6) is 0 Å². The Balaban J connectivity index is 2.89. The molecular formula is C11H13Br2N3O2. The molecule has 0 radical (unpaired) electrons. The summed E-state index contributed by atoms with van der Waals surface area (Å²) in [6, 6.07) is 5.42. The lowest BCUT2D eigenvalue weighted by Gasteiger charge is -2.14. The number of hydrogen-bond acceptors (Lipinski definition) is 3. The van der Waals surface area contributed by atoms with E-state index in [4.69, 9.17) is 10.9 Å². The van der Waals surface area contributed by atoms with Crippen molar-refractivity contribution < 1.29 is 10.0 Å². The maximum atomic E-state index is 12.0. The van der Waals surface area contributed by atoms with Gasteiger partial charge in [0.2, 0.25) is 5.91 Å². The summed E-state index contributed by atoms with van der Waals surface area (Å²) in [6.07, 6.45) is 0.452. The third-order valence-corrected chi connectivity index (χ3v) is 3.57. The van der Waals surface area contributed by atoms with Crippen LogP contribution < -0.4 is 11.1 Å². The summed E-state index contributed by atoms with van der Waals surface area (Å²) in [5, 5.41) is 14.2. The summed E-state index contributed by atoms with van der Waals surface area (Å²) in [5.74, 6) is -1.06. The van der Waals surface area contributed by atoms with Gasteiger partial charge in [-0.3, -0.25) is 4.79 Å². The zero-order valence-corrected chi connectivity index (χ0v) is 12.8. The first-order valence-corrected chi connectivity index (χ1v) is 6.81. The van der Waals surface area contributed by atoms with Gasteiger partial charge in [-0.25, -0.2) is 0 Å². The van der Waals surface area contributed by atoms with E-state index in [2.05, 4.69) is 42.3 Å². The van der Waals surface area contributed by atoms with Crippen LogP contribution in [0.25, 0.3) is 0 Å². The van der Waals surface area contributed by atoms with Crippen molar-refractivity contribution in [3.05, 3.63) is 27.1 Å². The molecule has 0 aliphatic rings. The molecule has 1 aromatic carbocycles. The fraction of sp³-hybridized carbons (Fsp3) is 0.273. The van der Waals surface area contributed by atoms with Crippen molar-refractivity contribution in [3.8, 4) is 0 Å². The first kappa shape index (κ1) is 15.0. The summed E-state index contributed by atoms with van der Waals surface area (Å²) in [6.45, 7) is 1.79. The fourth-order valence-electron chi connectivity index (χ4n) is 1.41. The molecule has 7 heteroatoms. The molecule has 4 N–H and O–H groups in total. The topological polar surface area (TPSA) is 87.7 Å². The number of rotatable bonds is 4. The van der Waals surface area contributed by atoms with Gasteiger partial charge in [0.05, 0.1) is 11.6 Å². The number of anilines is 1. The SMILES string of the molecule is CCC(C(=O)Nc1cc(Br)ccc1Br)/C(N)=N/O. The normalized spacial score (nSPS) is 13.2. The molecule has 0 saturated carbocycles. The minimum atomic E-state index is -0.652. The highest BCUT2D eigenvalue weighted by Crippen LogP contribution is 2.26. The van der Waals surface area contributed by atoms with Crippen LogP contribution in [0.2, 0.25) is 0 Å². The van der Waals surface area contributed by atoms with E-state index in [1.54, 1.807) is 13.0 Å². The molecule has 0 aromatic heterocycles. The molecule has 0 fully saturated rings. The minimum Gasteiger partial charge on any atom is -0.409 e. The number of nitrogens with zero attached hydrogens (tertiary/aromatic N) is 1. The van der Waals surface area contributed by atoms with Crippen LogP contribution in [0.3, 0.4) is 0 Å². The van der Waals surface area contributed by atoms with Crippen molar-refractivity contribution in [3.63, 3.8) is 0 Å². The summed E-state index contributed by atoms with van der Waals surface area (Å²) in [5.41, 5.74) is 6.09. The van der Waals surface area contributed by atoms with E-state index in [1.165, 1.54) is 0 Å². The number of halogens is 2. The Hall–Kier alpha value is -1.08. The van der Waals surface area contributed by atoms with Crippen LogP contribution in [0.1, 0.15) is 13.3 Å². The second-order valence-electron chi connectivity index (χ2n) is 3.60. The Morgan fingerprint density at radius 1 is 1.56 bits per heavy atom. The average molecular weight is 379 g/mol. The smallest absolute Gasteiger partial charge is 0.235 e. The van der Waals surface area contributed by atoms with Crippen molar-refractivity contribution >= 4 is 49.3 Å². The summed E-state index contributed by atoms with van der Waals surface area (Å²) < 4.78 is 1.60. The molecular weight excluding hydrogens is 366 g/mol. The molecule has 0 bridgehead atoms. The van der Waals surface area contributed by atoms with Crippen molar-refractivity contribution in [2.24, 2.45) is 16.8 Å². The standard InChI is InChI=1S/C11H13Br2N3O2/c1-2-7(10(14)16-18)11(17)15-9-5-6(12)3-4-8(9)13/h3-5,7,18H,2H2,1H3,(H2,14,16)(H,15,17). The summed E-state index contributed by atoms with van der Waals surface area (Å²) in [7, 11) is 0. The molecule has 1 aromatic rings. The van der Waals surface area contributed by atoms with Crippen LogP contribution in [0, 0.1) is 5.92 Å². The third kappa shape index (κ3) is 3.71. The van der Waals surface area contributed by atoms with Gasteiger partial charge in [-0.1, -0.05) is 28.0 Å². The molecule has 98 valence electrons. The van der Waals surface area contributed by atoms with Gasteiger partial charge in [0, 0.05) is 8.95 Å². The van der Waals surface area contributed by atoms with E-state index in [-0.39, 0.29) is 11.7 Å². The lowest BCUT2D eigenvalue weighted by Crippen LogP contribution is -2.34. The maximum absolute atomic E-state index is 12.0. The number of benzene rings is 1. The first-order chi connectivity index (χ1) is 8.49. The average Bonchev–Trinajstić information content (AvgIpc) is 2.34. The molecule has 1 rings (SSSR count). The molecule has 0 saturated heterocycles. The molecule has 0 heterocycles. The molecule has 0 aliphatic heterocycles. The number of carbonyl (C=O) groups excluding carboxylic acids is 1. The highest BCUT2D eigenvalue weighted by molar-refractivity contribution is 9.11. The van der Waals surface area contributed by atoms with E-state index in [0.29, 0.717) is 12.1 Å². The Bertz CT molecular complexity index is 477. The number of carbonyl (C=O) groups is 1. The number of nitrogens with two attached hydrogens (primary N) is 1. The van der Waals surface area contributed by atoms with E-state index in [0.717, 1.165) is 8.95 Å². The molecule has 1 amide bonds. The predicted octanol–water partition coefficient (Wildman–Crippen LogP) is 2.92. The summed E-state index contributed by atoms with van der Waals surface area (Å²) >= 11 is 6.66. The molecule has 5 nitrogen and oxygen atoms in total. The Kier molecular flexibility index (Phi) is 5.61. The third-order valence-electron chi connectivity index (χ3n) is 2.38. The maximum Gasteiger partial charge on any atom is 0.235 e. The van der Waals surface area contributed by atoms with Gasteiger partial charge < -0.3 is 16.3 Å².